The van der Waals surface area contributed by atoms with Crippen molar-refractivity contribution in [3.63, 3.8) is 0 Å². The van der Waals surface area contributed by atoms with Gasteiger partial charge < -0.3 is 16.0 Å². The zero-order valence-electron chi connectivity index (χ0n) is 9.88. The maximum atomic E-state index is 11.4. The van der Waals surface area contributed by atoms with Crippen LogP contribution < -0.4 is 11.1 Å². The summed E-state index contributed by atoms with van der Waals surface area (Å²) >= 11 is 0. The lowest BCUT2D eigenvalue weighted by Gasteiger charge is -2.19. The van der Waals surface area contributed by atoms with E-state index in [4.69, 9.17) is 5.73 Å². The van der Waals surface area contributed by atoms with Gasteiger partial charge in [-0.25, -0.2) is 0 Å². The Hall–Kier alpha value is -0.610. The van der Waals surface area contributed by atoms with E-state index in [1.54, 1.807) is 13.8 Å². The van der Waals surface area contributed by atoms with Crippen molar-refractivity contribution in [1.82, 2.24) is 10.2 Å². The molecule has 4 nitrogen and oxygen atoms in total. The van der Waals surface area contributed by atoms with Gasteiger partial charge in [0.1, 0.15) is 0 Å². The Morgan fingerprint density at radius 3 is 2.53 bits per heavy atom. The third kappa shape index (κ3) is 4.62. The van der Waals surface area contributed by atoms with Crippen molar-refractivity contribution in [1.29, 1.82) is 0 Å². The largest absolute Gasteiger partial charge is 0.354 e. The predicted molar refractivity (Wildman–Crippen MR) is 61.6 cm³/mol. The Kier molecular flexibility index (Phi) is 4.54. The molecule has 0 atom stereocenters. The van der Waals surface area contributed by atoms with Gasteiger partial charge >= 0.3 is 0 Å². The van der Waals surface area contributed by atoms with Crippen LogP contribution in [0.3, 0.4) is 0 Å². The van der Waals surface area contributed by atoms with Gasteiger partial charge in [0, 0.05) is 6.54 Å². The van der Waals surface area contributed by atoms with Crippen molar-refractivity contribution in [2.45, 2.75) is 38.6 Å². The summed E-state index contributed by atoms with van der Waals surface area (Å²) in [5, 5.41) is 2.86. The third-order valence-corrected chi connectivity index (χ3v) is 2.72. The average Bonchev–Trinajstić information content (AvgIpc) is 2.63. The third-order valence-electron chi connectivity index (χ3n) is 2.72. The number of carbonyl (C=O) groups excluding carboxylic acids is 1. The number of hydrogen-bond donors (Lipinski definition) is 2. The fourth-order valence-electron chi connectivity index (χ4n) is 1.74. The van der Waals surface area contributed by atoms with Crippen LogP contribution >= 0.6 is 0 Å². The van der Waals surface area contributed by atoms with E-state index in [2.05, 4.69) is 10.2 Å². The van der Waals surface area contributed by atoms with Gasteiger partial charge in [-0.05, 0) is 52.7 Å². The Balaban J connectivity index is 2.03. The summed E-state index contributed by atoms with van der Waals surface area (Å²) in [5.74, 6) is -0.0658. The highest BCUT2D eigenvalue weighted by Crippen LogP contribution is 2.06. The van der Waals surface area contributed by atoms with Crippen LogP contribution in [0.1, 0.15) is 33.1 Å². The van der Waals surface area contributed by atoms with Gasteiger partial charge in [-0.15, -0.1) is 0 Å². The van der Waals surface area contributed by atoms with Crippen LogP contribution in [0.25, 0.3) is 0 Å². The van der Waals surface area contributed by atoms with E-state index in [1.807, 2.05) is 0 Å². The monoisotopic (exact) mass is 213 g/mol. The molecule has 1 aliphatic heterocycles. The van der Waals surface area contributed by atoms with Crippen LogP contribution in [0.15, 0.2) is 0 Å². The van der Waals surface area contributed by atoms with Gasteiger partial charge in [0.05, 0.1) is 5.54 Å². The van der Waals surface area contributed by atoms with Crippen LogP contribution in [0, 0.1) is 0 Å². The van der Waals surface area contributed by atoms with Gasteiger partial charge in [-0.2, -0.15) is 0 Å². The van der Waals surface area contributed by atoms with Crippen molar-refractivity contribution in [3.8, 4) is 0 Å². The number of amides is 1. The molecule has 15 heavy (non-hydrogen) atoms. The van der Waals surface area contributed by atoms with E-state index in [0.717, 1.165) is 19.5 Å². The maximum Gasteiger partial charge on any atom is 0.239 e. The highest BCUT2D eigenvalue weighted by molar-refractivity contribution is 5.84. The standard InChI is InChI=1S/C11H23N3O/c1-11(2,12)10(15)13-6-5-9-14-7-3-4-8-14/h3-9,12H2,1-2H3,(H,13,15). The predicted octanol–water partition coefficient (Wildman–Crippen LogP) is 0.326. The molecule has 1 heterocycles. The van der Waals surface area contributed by atoms with Crippen LogP contribution in [-0.4, -0.2) is 42.5 Å². The second-order valence-corrected chi connectivity index (χ2v) is 4.88. The molecule has 1 fully saturated rings. The summed E-state index contributed by atoms with van der Waals surface area (Å²) in [6, 6.07) is 0. The molecule has 4 heteroatoms. The minimum absolute atomic E-state index is 0.0658. The lowest BCUT2D eigenvalue weighted by Crippen LogP contribution is -2.49. The van der Waals surface area contributed by atoms with Gasteiger partial charge in [0.2, 0.25) is 5.91 Å². The SMILES string of the molecule is CC(C)(N)C(=O)NCCCN1CCCC1. The summed E-state index contributed by atoms with van der Waals surface area (Å²) in [4.78, 5) is 13.9. The molecule has 0 radical (unpaired) electrons. The Morgan fingerprint density at radius 1 is 1.40 bits per heavy atom. The van der Waals surface area contributed by atoms with Crippen molar-refractivity contribution in [3.05, 3.63) is 0 Å². The maximum absolute atomic E-state index is 11.4. The van der Waals surface area contributed by atoms with Gasteiger partial charge in [0.15, 0.2) is 0 Å². The fourth-order valence-corrected chi connectivity index (χ4v) is 1.74. The molecule has 88 valence electrons. The molecule has 0 aromatic rings. The van der Waals surface area contributed by atoms with Gasteiger partial charge in [-0.3, -0.25) is 4.79 Å². The van der Waals surface area contributed by atoms with E-state index >= 15 is 0 Å². The second kappa shape index (κ2) is 5.47. The molecule has 1 saturated heterocycles. The molecule has 1 aliphatic rings. The zero-order valence-corrected chi connectivity index (χ0v) is 9.88. The molecule has 0 aromatic carbocycles. The van der Waals surface area contributed by atoms with Crippen LogP contribution in [0.2, 0.25) is 0 Å². The number of likely N-dealkylation sites (tertiary alicyclic amines) is 1. The normalized spacial score (nSPS) is 18.1. The number of nitrogens with two attached hydrogens (primary N) is 1. The lowest BCUT2D eigenvalue weighted by molar-refractivity contribution is -0.125. The van der Waals surface area contributed by atoms with Crippen LogP contribution in [-0.2, 0) is 4.79 Å². The molecule has 3 N–H and O–H groups in total. The summed E-state index contributed by atoms with van der Waals surface area (Å²) < 4.78 is 0. The molecule has 0 unspecified atom stereocenters. The molecule has 0 aliphatic carbocycles. The first kappa shape index (κ1) is 12.5. The first-order chi connectivity index (χ1) is 7.00. The van der Waals surface area contributed by atoms with E-state index in [0.29, 0.717) is 0 Å². The molecule has 1 amide bonds. The summed E-state index contributed by atoms with van der Waals surface area (Å²) in [6.07, 6.45) is 3.66. The second-order valence-electron chi connectivity index (χ2n) is 4.88. The van der Waals surface area contributed by atoms with E-state index in [-0.39, 0.29) is 5.91 Å². The van der Waals surface area contributed by atoms with Crippen LogP contribution in [0.5, 0.6) is 0 Å². The Labute approximate surface area is 92.2 Å². The smallest absolute Gasteiger partial charge is 0.239 e. The van der Waals surface area contributed by atoms with Crippen molar-refractivity contribution < 1.29 is 4.79 Å². The summed E-state index contributed by atoms with van der Waals surface area (Å²) in [5.41, 5.74) is 4.90. The fraction of sp³-hybridized carbons (Fsp3) is 0.909. The van der Waals surface area contributed by atoms with E-state index < -0.39 is 5.54 Å². The number of nitrogens with zero attached hydrogens (tertiary/aromatic N) is 1. The average molecular weight is 213 g/mol. The first-order valence-corrected chi connectivity index (χ1v) is 5.80. The lowest BCUT2D eigenvalue weighted by atomic mass is 10.1. The first-order valence-electron chi connectivity index (χ1n) is 5.80. The molecule has 0 aromatic heterocycles. The zero-order chi connectivity index (χ0) is 11.3. The minimum Gasteiger partial charge on any atom is -0.354 e. The Bertz CT molecular complexity index is 204. The van der Waals surface area contributed by atoms with E-state index in [1.165, 1.54) is 25.9 Å². The molecular weight excluding hydrogens is 190 g/mol. The van der Waals surface area contributed by atoms with Gasteiger partial charge in [-0.1, -0.05) is 0 Å². The van der Waals surface area contributed by atoms with Crippen LogP contribution in [0.4, 0.5) is 0 Å². The van der Waals surface area contributed by atoms with Gasteiger partial charge in [0.25, 0.3) is 0 Å². The molecule has 0 bridgehead atoms. The molecule has 0 saturated carbocycles. The quantitative estimate of drug-likeness (QED) is 0.647. The number of hydrogen-bond acceptors (Lipinski definition) is 3. The van der Waals surface area contributed by atoms with E-state index in [9.17, 15) is 4.79 Å². The summed E-state index contributed by atoms with van der Waals surface area (Å²) in [7, 11) is 0. The minimum atomic E-state index is -0.756. The number of carbonyl (C=O) groups is 1. The highest BCUT2D eigenvalue weighted by Gasteiger charge is 2.20. The molecule has 0 spiro atoms. The number of nitrogens with one attached hydrogen (secondary N) is 1. The van der Waals surface area contributed by atoms with Crippen molar-refractivity contribution in [2.75, 3.05) is 26.2 Å². The topological polar surface area (TPSA) is 58.4 Å². The van der Waals surface area contributed by atoms with Crippen molar-refractivity contribution in [2.24, 2.45) is 5.73 Å². The number of rotatable bonds is 5. The molecular formula is C11H23N3O. The Morgan fingerprint density at radius 2 is 2.00 bits per heavy atom. The van der Waals surface area contributed by atoms with Crippen molar-refractivity contribution >= 4 is 5.91 Å². The molecule has 1 rings (SSSR count). The highest BCUT2D eigenvalue weighted by atomic mass is 16.2. The summed E-state index contributed by atoms with van der Waals surface area (Å²) in [6.45, 7) is 7.71.